The van der Waals surface area contributed by atoms with Gasteiger partial charge in [0.25, 0.3) is 11.6 Å². The summed E-state index contributed by atoms with van der Waals surface area (Å²) in [5.74, 6) is 5.17. The summed E-state index contributed by atoms with van der Waals surface area (Å²) in [5.41, 5.74) is 4.44. The van der Waals surface area contributed by atoms with Crippen LogP contribution in [0.2, 0.25) is 0 Å². The highest BCUT2D eigenvalue weighted by atomic mass is 15.4. The van der Waals surface area contributed by atoms with E-state index in [4.69, 9.17) is 9.97 Å². The van der Waals surface area contributed by atoms with Gasteiger partial charge in [-0.15, -0.1) is 4.68 Å². The van der Waals surface area contributed by atoms with E-state index in [-0.39, 0.29) is 0 Å². The predicted octanol–water partition coefficient (Wildman–Crippen LogP) is 2.86. The van der Waals surface area contributed by atoms with Crippen molar-refractivity contribution in [1.82, 2.24) is 30.0 Å². The standard InChI is InChI=1S/C20H21N7/c1-10-6-5-7-16-19(10)25-20(24-16)15-8-14(15)17-9-18(23-11(2)22-17)27-13(4)21-12(3)26-27/h5-7,9,14-15H,8H2,1-4H3,(H,24,25)/p+1. The molecule has 136 valence electrons. The molecule has 7 nitrogen and oxygen atoms in total. The summed E-state index contributed by atoms with van der Waals surface area (Å²) >= 11 is 0. The Morgan fingerprint density at radius 3 is 2.59 bits per heavy atom. The van der Waals surface area contributed by atoms with E-state index in [2.05, 4.69) is 51.2 Å². The quantitative estimate of drug-likeness (QED) is 0.550. The number of para-hydroxylation sites is 1. The first-order valence-corrected chi connectivity index (χ1v) is 9.26. The topological polar surface area (TPSA) is 87.0 Å². The molecule has 2 unspecified atom stereocenters. The number of imidazole rings is 1. The van der Waals surface area contributed by atoms with Crippen LogP contribution in [0.15, 0.2) is 24.3 Å². The van der Waals surface area contributed by atoms with Crippen molar-refractivity contribution in [2.75, 3.05) is 0 Å². The Morgan fingerprint density at radius 2 is 1.85 bits per heavy atom. The van der Waals surface area contributed by atoms with Crippen LogP contribution in [-0.2, 0) is 0 Å². The number of rotatable bonds is 3. The number of aromatic nitrogens is 7. The van der Waals surface area contributed by atoms with Crippen molar-refractivity contribution in [2.24, 2.45) is 0 Å². The van der Waals surface area contributed by atoms with Crippen molar-refractivity contribution < 1.29 is 4.68 Å². The molecule has 27 heavy (non-hydrogen) atoms. The van der Waals surface area contributed by atoms with E-state index in [1.165, 1.54) is 5.56 Å². The van der Waals surface area contributed by atoms with E-state index in [9.17, 15) is 0 Å². The minimum Gasteiger partial charge on any atom is -0.342 e. The van der Waals surface area contributed by atoms with Crippen LogP contribution in [0.5, 0.6) is 0 Å². The van der Waals surface area contributed by atoms with E-state index < -0.39 is 0 Å². The zero-order valence-corrected chi connectivity index (χ0v) is 15.9. The Balaban J connectivity index is 1.49. The number of hydrogen-bond acceptors (Lipinski definition) is 4. The molecule has 0 radical (unpaired) electrons. The highest BCUT2D eigenvalue weighted by molar-refractivity contribution is 5.78. The molecule has 1 aromatic carbocycles. The van der Waals surface area contributed by atoms with Crippen LogP contribution >= 0.6 is 0 Å². The Hall–Kier alpha value is -3.09. The molecular weight excluding hydrogens is 338 g/mol. The van der Waals surface area contributed by atoms with Crippen LogP contribution in [0.25, 0.3) is 16.9 Å². The van der Waals surface area contributed by atoms with Crippen molar-refractivity contribution in [3.05, 3.63) is 58.8 Å². The number of hydrogen-bond donors (Lipinski definition) is 2. The molecule has 0 saturated heterocycles. The molecule has 1 fully saturated rings. The molecule has 0 bridgehead atoms. The molecule has 1 saturated carbocycles. The van der Waals surface area contributed by atoms with Gasteiger partial charge in [0.15, 0.2) is 0 Å². The minimum absolute atomic E-state index is 0.372. The van der Waals surface area contributed by atoms with Crippen molar-refractivity contribution in [3.8, 4) is 5.82 Å². The summed E-state index contributed by atoms with van der Waals surface area (Å²) in [6.45, 7) is 7.95. The summed E-state index contributed by atoms with van der Waals surface area (Å²) in [4.78, 5) is 22.1. The molecule has 2 N–H and O–H groups in total. The first-order valence-electron chi connectivity index (χ1n) is 9.26. The summed E-state index contributed by atoms with van der Waals surface area (Å²) in [5, 5.41) is 3.24. The van der Waals surface area contributed by atoms with Gasteiger partial charge in [-0.05, 0) is 25.0 Å². The number of H-pyrrole nitrogens is 2. The molecule has 1 aliphatic carbocycles. The van der Waals surface area contributed by atoms with Crippen LogP contribution in [0.3, 0.4) is 0 Å². The van der Waals surface area contributed by atoms with Gasteiger partial charge in [-0.2, -0.15) is 0 Å². The molecule has 0 amide bonds. The summed E-state index contributed by atoms with van der Waals surface area (Å²) in [6.07, 6.45) is 1.06. The van der Waals surface area contributed by atoms with E-state index >= 15 is 0 Å². The van der Waals surface area contributed by atoms with Gasteiger partial charge in [0.2, 0.25) is 11.6 Å². The SMILES string of the molecule is Cc1nc(C2CC2c2nc3c(C)cccc3[nH]2)cc(-[n+]2[nH]c(C)nc2C)n1. The van der Waals surface area contributed by atoms with Gasteiger partial charge in [-0.1, -0.05) is 22.1 Å². The molecule has 0 spiro atoms. The largest absolute Gasteiger partial charge is 0.342 e. The second-order valence-corrected chi connectivity index (χ2v) is 7.43. The third-order valence-electron chi connectivity index (χ3n) is 5.25. The molecular formula is C20H22N7+. The van der Waals surface area contributed by atoms with Crippen LogP contribution < -0.4 is 4.68 Å². The fourth-order valence-electron chi connectivity index (χ4n) is 3.86. The number of aryl methyl sites for hydroxylation is 4. The van der Waals surface area contributed by atoms with Crippen molar-refractivity contribution in [1.29, 1.82) is 0 Å². The Labute approximate surface area is 156 Å². The maximum atomic E-state index is 4.85. The maximum absolute atomic E-state index is 4.85. The zero-order chi connectivity index (χ0) is 18.7. The van der Waals surface area contributed by atoms with Gasteiger partial charge in [-0.3, -0.25) is 0 Å². The van der Waals surface area contributed by atoms with Crippen LogP contribution in [0, 0.1) is 27.7 Å². The van der Waals surface area contributed by atoms with Gasteiger partial charge in [0.1, 0.15) is 5.82 Å². The van der Waals surface area contributed by atoms with Crippen molar-refractivity contribution >= 4 is 11.0 Å². The molecule has 2 atom stereocenters. The summed E-state index contributed by atoms with van der Waals surface area (Å²) in [7, 11) is 0. The molecule has 7 heteroatoms. The molecule has 3 aromatic heterocycles. The fraction of sp³-hybridized carbons (Fsp3) is 0.350. The minimum atomic E-state index is 0.372. The molecule has 4 aromatic rings. The normalized spacial score (nSPS) is 19.0. The molecule has 3 heterocycles. The Kier molecular flexibility index (Phi) is 3.40. The highest BCUT2D eigenvalue weighted by Crippen LogP contribution is 2.53. The monoisotopic (exact) mass is 360 g/mol. The van der Waals surface area contributed by atoms with Gasteiger partial charge in [-0.25, -0.2) is 15.1 Å². The summed E-state index contributed by atoms with van der Waals surface area (Å²) in [6, 6.07) is 8.32. The summed E-state index contributed by atoms with van der Waals surface area (Å²) < 4.78 is 1.91. The second-order valence-electron chi connectivity index (χ2n) is 7.43. The van der Waals surface area contributed by atoms with Gasteiger partial charge >= 0.3 is 0 Å². The maximum Gasteiger partial charge on any atom is 0.288 e. The van der Waals surface area contributed by atoms with Crippen LogP contribution in [0.1, 0.15) is 52.8 Å². The average Bonchev–Trinajstić information content (AvgIpc) is 3.18. The first-order chi connectivity index (χ1) is 13.0. The average molecular weight is 360 g/mol. The lowest BCUT2D eigenvalue weighted by Gasteiger charge is -2.01. The molecule has 5 rings (SSSR count). The number of nitrogens with one attached hydrogen (secondary N) is 2. The predicted molar refractivity (Wildman–Crippen MR) is 101 cm³/mol. The third-order valence-corrected chi connectivity index (χ3v) is 5.25. The lowest BCUT2D eigenvalue weighted by molar-refractivity contribution is -0.666. The van der Waals surface area contributed by atoms with Gasteiger partial charge in [0.05, 0.1) is 16.7 Å². The Bertz CT molecular complexity index is 1170. The van der Waals surface area contributed by atoms with Gasteiger partial charge < -0.3 is 4.98 Å². The molecule has 0 aliphatic heterocycles. The number of aromatic amines is 2. The van der Waals surface area contributed by atoms with E-state index in [1.807, 2.05) is 25.5 Å². The molecule has 1 aliphatic rings. The van der Waals surface area contributed by atoms with Crippen molar-refractivity contribution in [3.63, 3.8) is 0 Å². The second kappa shape index (κ2) is 5.70. The van der Waals surface area contributed by atoms with E-state index in [0.29, 0.717) is 11.8 Å². The van der Waals surface area contributed by atoms with Crippen molar-refractivity contribution in [2.45, 2.75) is 46.0 Å². The zero-order valence-electron chi connectivity index (χ0n) is 15.9. The van der Waals surface area contributed by atoms with E-state index in [1.54, 1.807) is 0 Å². The first kappa shape index (κ1) is 16.1. The lowest BCUT2D eigenvalue weighted by Crippen LogP contribution is -2.37. The van der Waals surface area contributed by atoms with Crippen LogP contribution in [0.4, 0.5) is 0 Å². The smallest absolute Gasteiger partial charge is 0.288 e. The number of nitrogens with zero attached hydrogens (tertiary/aromatic N) is 5. The number of benzene rings is 1. The lowest BCUT2D eigenvalue weighted by atomic mass is 10.2. The number of fused-ring (bicyclic) bond motifs is 1. The third kappa shape index (κ3) is 2.70. The highest BCUT2D eigenvalue weighted by Gasteiger charge is 2.43. The fourth-order valence-corrected chi connectivity index (χ4v) is 3.86. The van der Waals surface area contributed by atoms with Gasteiger partial charge in [0, 0.05) is 38.7 Å². The van der Waals surface area contributed by atoms with E-state index in [0.717, 1.165) is 52.3 Å². The Morgan fingerprint density at radius 1 is 1.00 bits per heavy atom. The van der Waals surface area contributed by atoms with Crippen LogP contribution in [-0.4, -0.2) is 30.0 Å².